The van der Waals surface area contributed by atoms with Crippen molar-refractivity contribution >= 4 is 23.1 Å². The lowest BCUT2D eigenvalue weighted by atomic mass is 9.93. The van der Waals surface area contributed by atoms with Crippen molar-refractivity contribution in [3.05, 3.63) is 95.1 Å². The first-order chi connectivity index (χ1) is 16.8. The summed E-state index contributed by atoms with van der Waals surface area (Å²) in [7, 11) is 1.53. The highest BCUT2D eigenvalue weighted by molar-refractivity contribution is 6.51. The van der Waals surface area contributed by atoms with Gasteiger partial charge in [0.25, 0.3) is 11.7 Å². The van der Waals surface area contributed by atoms with Gasteiger partial charge in [-0.15, -0.1) is 0 Å². The van der Waals surface area contributed by atoms with Crippen LogP contribution in [0.1, 0.15) is 49.4 Å². The molecule has 3 aromatic rings. The highest BCUT2D eigenvalue weighted by Crippen LogP contribution is 2.43. The van der Waals surface area contributed by atoms with Gasteiger partial charge in [-0.25, -0.2) is 0 Å². The predicted octanol–water partition coefficient (Wildman–Crippen LogP) is 5.84. The van der Waals surface area contributed by atoms with Gasteiger partial charge in [-0.3, -0.25) is 14.5 Å². The van der Waals surface area contributed by atoms with Crippen molar-refractivity contribution in [2.24, 2.45) is 0 Å². The molecule has 0 radical (unpaired) electrons. The van der Waals surface area contributed by atoms with Gasteiger partial charge in [0.05, 0.1) is 25.3 Å². The van der Waals surface area contributed by atoms with Gasteiger partial charge in [-0.1, -0.05) is 56.3 Å². The number of ketones is 1. The predicted molar refractivity (Wildman–Crippen MR) is 136 cm³/mol. The van der Waals surface area contributed by atoms with Crippen LogP contribution in [0.15, 0.2) is 78.4 Å². The standard InChI is InChI=1S/C29H29NO5/c1-5-35-24-11-7-9-22(17-24)30-26(20-14-12-19(13-15-20)18(2)3)25(28(32)29(30)33)27(31)21-8-6-10-23(16-21)34-4/h6-18,26,31H,5H2,1-4H3/b27-25+. The molecular weight excluding hydrogens is 442 g/mol. The molecule has 0 aliphatic carbocycles. The lowest BCUT2D eigenvalue weighted by Crippen LogP contribution is -2.29. The maximum absolute atomic E-state index is 13.4. The van der Waals surface area contributed by atoms with E-state index in [1.165, 1.54) is 12.0 Å². The smallest absolute Gasteiger partial charge is 0.300 e. The number of amides is 1. The molecule has 6 heteroatoms. The molecule has 1 atom stereocenters. The molecule has 4 rings (SSSR count). The minimum absolute atomic E-state index is 0.0300. The number of methoxy groups -OCH3 is 1. The second-order valence-electron chi connectivity index (χ2n) is 8.65. The Balaban J connectivity index is 1.91. The maximum Gasteiger partial charge on any atom is 0.300 e. The highest BCUT2D eigenvalue weighted by Gasteiger charge is 2.47. The number of aliphatic hydroxyl groups is 1. The molecule has 35 heavy (non-hydrogen) atoms. The van der Waals surface area contributed by atoms with Crippen molar-refractivity contribution in [2.75, 3.05) is 18.6 Å². The molecule has 1 saturated heterocycles. The molecule has 1 aliphatic rings. The average Bonchev–Trinajstić information content (AvgIpc) is 3.14. The summed E-state index contributed by atoms with van der Waals surface area (Å²) in [6, 6.07) is 20.8. The van der Waals surface area contributed by atoms with Crippen LogP contribution in [0, 0.1) is 0 Å². The van der Waals surface area contributed by atoms with E-state index in [4.69, 9.17) is 9.47 Å². The Morgan fingerprint density at radius 2 is 1.66 bits per heavy atom. The fourth-order valence-corrected chi connectivity index (χ4v) is 4.29. The van der Waals surface area contributed by atoms with E-state index in [1.807, 2.05) is 31.2 Å². The van der Waals surface area contributed by atoms with Gasteiger partial charge in [-0.05, 0) is 48.2 Å². The van der Waals surface area contributed by atoms with E-state index in [-0.39, 0.29) is 11.3 Å². The second-order valence-corrected chi connectivity index (χ2v) is 8.65. The summed E-state index contributed by atoms with van der Waals surface area (Å²) in [5, 5.41) is 11.3. The minimum Gasteiger partial charge on any atom is -0.507 e. The Kier molecular flexibility index (Phi) is 6.92. The number of hydrogen-bond donors (Lipinski definition) is 1. The van der Waals surface area contributed by atoms with Crippen molar-refractivity contribution in [3.63, 3.8) is 0 Å². The Labute approximate surface area is 205 Å². The molecule has 1 amide bonds. The monoisotopic (exact) mass is 471 g/mol. The molecule has 1 fully saturated rings. The first-order valence-corrected chi connectivity index (χ1v) is 11.6. The van der Waals surface area contributed by atoms with Gasteiger partial charge in [0.1, 0.15) is 17.3 Å². The second kappa shape index (κ2) is 10.1. The molecule has 1 heterocycles. The van der Waals surface area contributed by atoms with Crippen LogP contribution in [0.4, 0.5) is 5.69 Å². The molecule has 0 saturated carbocycles. The van der Waals surface area contributed by atoms with Crippen molar-refractivity contribution in [1.29, 1.82) is 0 Å². The van der Waals surface area contributed by atoms with E-state index in [0.29, 0.717) is 35.3 Å². The summed E-state index contributed by atoms with van der Waals surface area (Å²) in [5.74, 6) is -0.246. The van der Waals surface area contributed by atoms with Crippen LogP contribution in [0.5, 0.6) is 11.5 Å². The highest BCUT2D eigenvalue weighted by atomic mass is 16.5. The molecule has 0 spiro atoms. The summed E-state index contributed by atoms with van der Waals surface area (Å²) in [5.41, 5.74) is 2.80. The van der Waals surface area contributed by atoms with E-state index < -0.39 is 17.7 Å². The van der Waals surface area contributed by atoms with Crippen LogP contribution in [0.2, 0.25) is 0 Å². The summed E-state index contributed by atoms with van der Waals surface area (Å²) in [6.45, 7) is 6.55. The van der Waals surface area contributed by atoms with Crippen molar-refractivity contribution in [3.8, 4) is 11.5 Å². The molecule has 3 aromatic carbocycles. The Hall–Kier alpha value is -4.06. The maximum atomic E-state index is 13.4. The number of benzene rings is 3. The van der Waals surface area contributed by atoms with Gasteiger partial charge in [0.2, 0.25) is 0 Å². The van der Waals surface area contributed by atoms with Crippen LogP contribution in [0.25, 0.3) is 5.76 Å². The van der Waals surface area contributed by atoms with Crippen molar-refractivity contribution < 1.29 is 24.2 Å². The van der Waals surface area contributed by atoms with Crippen molar-refractivity contribution in [1.82, 2.24) is 0 Å². The summed E-state index contributed by atoms with van der Waals surface area (Å²) < 4.78 is 10.9. The van der Waals surface area contributed by atoms with E-state index in [1.54, 1.807) is 48.5 Å². The third-order valence-electron chi connectivity index (χ3n) is 6.11. The Morgan fingerprint density at radius 3 is 2.31 bits per heavy atom. The fraction of sp³-hybridized carbons (Fsp3) is 0.241. The SMILES string of the molecule is CCOc1cccc(N2C(=O)C(=O)/C(=C(/O)c3cccc(OC)c3)C2c2ccc(C(C)C)cc2)c1. The fourth-order valence-electron chi connectivity index (χ4n) is 4.29. The number of Topliss-reactive ketones (excluding diaryl/α,β-unsaturated/α-hetero) is 1. The van der Waals surface area contributed by atoms with Gasteiger partial charge >= 0.3 is 0 Å². The van der Waals surface area contributed by atoms with Crippen LogP contribution < -0.4 is 14.4 Å². The third kappa shape index (κ3) is 4.64. The van der Waals surface area contributed by atoms with Crippen molar-refractivity contribution in [2.45, 2.75) is 32.7 Å². The molecule has 1 aliphatic heterocycles. The molecular formula is C29H29NO5. The normalized spacial score (nSPS) is 17.2. The Morgan fingerprint density at radius 1 is 0.971 bits per heavy atom. The average molecular weight is 472 g/mol. The third-order valence-corrected chi connectivity index (χ3v) is 6.11. The number of nitrogens with zero attached hydrogens (tertiary/aromatic N) is 1. The number of ether oxygens (including phenoxy) is 2. The zero-order chi connectivity index (χ0) is 25.1. The topological polar surface area (TPSA) is 76.1 Å². The van der Waals surface area contributed by atoms with Gasteiger partial charge in [0.15, 0.2) is 0 Å². The van der Waals surface area contributed by atoms with E-state index in [0.717, 1.165) is 11.1 Å². The largest absolute Gasteiger partial charge is 0.507 e. The zero-order valence-corrected chi connectivity index (χ0v) is 20.3. The number of carbonyl (C=O) groups is 2. The first-order valence-electron chi connectivity index (χ1n) is 11.6. The molecule has 6 nitrogen and oxygen atoms in total. The number of anilines is 1. The molecule has 180 valence electrons. The molecule has 1 unspecified atom stereocenters. The number of carbonyl (C=O) groups excluding carboxylic acids is 2. The van der Waals surface area contributed by atoms with Crippen LogP contribution in [0.3, 0.4) is 0 Å². The van der Waals surface area contributed by atoms with Gasteiger partial charge < -0.3 is 14.6 Å². The number of aliphatic hydroxyl groups excluding tert-OH is 1. The summed E-state index contributed by atoms with van der Waals surface area (Å²) >= 11 is 0. The van der Waals surface area contributed by atoms with Crippen LogP contribution in [-0.4, -0.2) is 30.5 Å². The number of hydrogen-bond acceptors (Lipinski definition) is 5. The lowest BCUT2D eigenvalue weighted by Gasteiger charge is -2.26. The minimum atomic E-state index is -0.806. The molecule has 0 bridgehead atoms. The molecule has 1 N–H and O–H groups in total. The number of rotatable bonds is 7. The van der Waals surface area contributed by atoms with E-state index >= 15 is 0 Å². The van der Waals surface area contributed by atoms with E-state index in [2.05, 4.69) is 13.8 Å². The summed E-state index contributed by atoms with van der Waals surface area (Å²) in [6.07, 6.45) is 0. The zero-order valence-electron chi connectivity index (χ0n) is 20.3. The van der Waals surface area contributed by atoms with Crippen LogP contribution >= 0.6 is 0 Å². The Bertz CT molecular complexity index is 1280. The quantitative estimate of drug-likeness (QED) is 0.266. The molecule has 0 aromatic heterocycles. The summed E-state index contributed by atoms with van der Waals surface area (Å²) in [4.78, 5) is 28.2. The van der Waals surface area contributed by atoms with E-state index in [9.17, 15) is 14.7 Å². The van der Waals surface area contributed by atoms with Crippen LogP contribution in [-0.2, 0) is 9.59 Å². The lowest BCUT2D eigenvalue weighted by molar-refractivity contribution is -0.132. The van der Waals surface area contributed by atoms with Gasteiger partial charge in [0, 0.05) is 17.3 Å². The first kappa shape index (κ1) is 24.1. The van der Waals surface area contributed by atoms with Gasteiger partial charge in [-0.2, -0.15) is 0 Å².